The van der Waals surface area contributed by atoms with Crippen molar-refractivity contribution in [1.29, 1.82) is 0 Å². The first-order valence-electron chi connectivity index (χ1n) is 4.48. The van der Waals surface area contributed by atoms with E-state index in [0.29, 0.717) is 6.54 Å². The van der Waals surface area contributed by atoms with Crippen molar-refractivity contribution >= 4 is 12.4 Å². The lowest BCUT2D eigenvalue weighted by Gasteiger charge is -2.22. The molecule has 0 spiro atoms. The SMILES string of the molecule is CC(C)(CN)Cc1cccc(F)c1.Cl. The molecule has 1 aromatic carbocycles. The van der Waals surface area contributed by atoms with Crippen molar-refractivity contribution in [1.82, 2.24) is 0 Å². The molecule has 0 fully saturated rings. The molecule has 0 aliphatic rings. The lowest BCUT2D eigenvalue weighted by atomic mass is 9.86. The fourth-order valence-corrected chi connectivity index (χ4v) is 1.27. The molecule has 0 saturated carbocycles. The Labute approximate surface area is 90.9 Å². The van der Waals surface area contributed by atoms with Gasteiger partial charge in [-0.05, 0) is 36.1 Å². The summed E-state index contributed by atoms with van der Waals surface area (Å²) in [6.07, 6.45) is 0.821. The van der Waals surface area contributed by atoms with Crippen molar-refractivity contribution in [3.8, 4) is 0 Å². The standard InChI is InChI=1S/C11H16FN.ClH/c1-11(2,8-13)7-9-4-3-5-10(12)6-9;/h3-6H,7-8,13H2,1-2H3;1H. The number of nitrogens with two attached hydrogens (primary N) is 1. The van der Waals surface area contributed by atoms with Crippen molar-refractivity contribution in [2.75, 3.05) is 6.54 Å². The number of hydrogen-bond acceptors (Lipinski definition) is 1. The van der Waals surface area contributed by atoms with Gasteiger partial charge in [0.05, 0.1) is 0 Å². The highest BCUT2D eigenvalue weighted by Gasteiger charge is 2.15. The maximum atomic E-state index is 12.8. The summed E-state index contributed by atoms with van der Waals surface area (Å²) in [4.78, 5) is 0. The predicted molar refractivity (Wildman–Crippen MR) is 60.2 cm³/mol. The Morgan fingerprint density at radius 1 is 1.36 bits per heavy atom. The Balaban J connectivity index is 0.00000169. The summed E-state index contributed by atoms with van der Waals surface area (Å²) in [5.41, 5.74) is 6.66. The van der Waals surface area contributed by atoms with Crippen molar-refractivity contribution < 1.29 is 4.39 Å². The van der Waals surface area contributed by atoms with E-state index in [4.69, 9.17) is 5.73 Å². The molecule has 14 heavy (non-hydrogen) atoms. The van der Waals surface area contributed by atoms with Crippen LogP contribution in [0.25, 0.3) is 0 Å². The minimum absolute atomic E-state index is 0. The van der Waals surface area contributed by atoms with Crippen LogP contribution in [0.4, 0.5) is 4.39 Å². The van der Waals surface area contributed by atoms with Gasteiger partial charge in [-0.25, -0.2) is 4.39 Å². The van der Waals surface area contributed by atoms with Gasteiger partial charge in [0.2, 0.25) is 0 Å². The van der Waals surface area contributed by atoms with E-state index in [-0.39, 0.29) is 23.6 Å². The fraction of sp³-hybridized carbons (Fsp3) is 0.455. The van der Waals surface area contributed by atoms with Crippen LogP contribution in [0.1, 0.15) is 19.4 Å². The van der Waals surface area contributed by atoms with Crippen LogP contribution in [0.15, 0.2) is 24.3 Å². The van der Waals surface area contributed by atoms with Gasteiger partial charge in [-0.2, -0.15) is 0 Å². The molecule has 0 aliphatic carbocycles. The second-order valence-corrected chi connectivity index (χ2v) is 4.18. The maximum absolute atomic E-state index is 12.8. The van der Waals surface area contributed by atoms with E-state index in [0.717, 1.165) is 12.0 Å². The zero-order chi connectivity index (χ0) is 9.90. The van der Waals surface area contributed by atoms with Gasteiger partial charge >= 0.3 is 0 Å². The van der Waals surface area contributed by atoms with Gasteiger partial charge in [0.1, 0.15) is 5.82 Å². The van der Waals surface area contributed by atoms with E-state index in [1.165, 1.54) is 6.07 Å². The lowest BCUT2D eigenvalue weighted by Crippen LogP contribution is -2.25. The zero-order valence-electron chi connectivity index (χ0n) is 8.59. The summed E-state index contributed by atoms with van der Waals surface area (Å²) in [6, 6.07) is 6.69. The van der Waals surface area contributed by atoms with Crippen LogP contribution >= 0.6 is 12.4 Å². The molecule has 2 N–H and O–H groups in total. The summed E-state index contributed by atoms with van der Waals surface area (Å²) < 4.78 is 12.8. The Kier molecular flexibility index (Phi) is 5.09. The monoisotopic (exact) mass is 217 g/mol. The van der Waals surface area contributed by atoms with Crippen molar-refractivity contribution in [2.45, 2.75) is 20.3 Å². The number of halogens is 2. The molecule has 0 saturated heterocycles. The summed E-state index contributed by atoms with van der Waals surface area (Å²) in [7, 11) is 0. The fourth-order valence-electron chi connectivity index (χ4n) is 1.27. The average molecular weight is 218 g/mol. The predicted octanol–water partition coefficient (Wildman–Crippen LogP) is 2.77. The van der Waals surface area contributed by atoms with Crippen molar-refractivity contribution in [3.63, 3.8) is 0 Å². The van der Waals surface area contributed by atoms with Gasteiger partial charge in [-0.3, -0.25) is 0 Å². The van der Waals surface area contributed by atoms with Crippen molar-refractivity contribution in [3.05, 3.63) is 35.6 Å². The van der Waals surface area contributed by atoms with Crippen LogP contribution in [-0.2, 0) is 6.42 Å². The first-order valence-corrected chi connectivity index (χ1v) is 4.48. The first kappa shape index (κ1) is 13.4. The second-order valence-electron chi connectivity index (χ2n) is 4.18. The number of benzene rings is 1. The van der Waals surface area contributed by atoms with Crippen LogP contribution in [0, 0.1) is 11.2 Å². The van der Waals surface area contributed by atoms with E-state index >= 15 is 0 Å². The van der Waals surface area contributed by atoms with Gasteiger partial charge in [0.15, 0.2) is 0 Å². The third-order valence-corrected chi connectivity index (χ3v) is 2.12. The third-order valence-electron chi connectivity index (χ3n) is 2.12. The minimum Gasteiger partial charge on any atom is -0.330 e. The quantitative estimate of drug-likeness (QED) is 0.828. The molecule has 1 nitrogen and oxygen atoms in total. The molecule has 0 amide bonds. The number of hydrogen-bond donors (Lipinski definition) is 1. The van der Waals surface area contributed by atoms with Crippen LogP contribution in [0.2, 0.25) is 0 Å². The summed E-state index contributed by atoms with van der Waals surface area (Å²) in [5.74, 6) is -0.176. The second kappa shape index (κ2) is 5.32. The molecule has 80 valence electrons. The molecule has 1 aromatic rings. The summed E-state index contributed by atoms with van der Waals surface area (Å²) in [6.45, 7) is 4.78. The Hall–Kier alpha value is -0.600. The molecule has 0 aromatic heterocycles. The summed E-state index contributed by atoms with van der Waals surface area (Å²) in [5, 5.41) is 0. The molecule has 1 rings (SSSR count). The molecular weight excluding hydrogens is 201 g/mol. The van der Waals surface area contributed by atoms with Crippen LogP contribution < -0.4 is 5.73 Å². The largest absolute Gasteiger partial charge is 0.330 e. The Morgan fingerprint density at radius 3 is 2.50 bits per heavy atom. The van der Waals surface area contributed by atoms with Crippen molar-refractivity contribution in [2.24, 2.45) is 11.1 Å². The van der Waals surface area contributed by atoms with E-state index < -0.39 is 0 Å². The highest BCUT2D eigenvalue weighted by atomic mass is 35.5. The first-order chi connectivity index (χ1) is 6.03. The molecule has 0 aliphatic heterocycles. The van der Waals surface area contributed by atoms with Gasteiger partial charge in [0.25, 0.3) is 0 Å². The van der Waals surface area contributed by atoms with E-state index in [9.17, 15) is 4.39 Å². The van der Waals surface area contributed by atoms with Gasteiger partial charge in [-0.1, -0.05) is 26.0 Å². The Bertz CT molecular complexity index is 286. The highest BCUT2D eigenvalue weighted by molar-refractivity contribution is 5.85. The maximum Gasteiger partial charge on any atom is 0.123 e. The molecule has 0 heterocycles. The molecule has 0 bridgehead atoms. The lowest BCUT2D eigenvalue weighted by molar-refractivity contribution is 0.376. The molecule has 0 unspecified atom stereocenters. The Morgan fingerprint density at radius 2 is 2.00 bits per heavy atom. The molecule has 0 atom stereocenters. The molecular formula is C11H17ClFN. The van der Waals surface area contributed by atoms with Crippen LogP contribution in [-0.4, -0.2) is 6.54 Å². The normalized spacial score (nSPS) is 10.9. The highest BCUT2D eigenvalue weighted by Crippen LogP contribution is 2.20. The topological polar surface area (TPSA) is 26.0 Å². The minimum atomic E-state index is -0.176. The van der Waals surface area contributed by atoms with Gasteiger partial charge in [-0.15, -0.1) is 12.4 Å². The molecule has 0 radical (unpaired) electrons. The summed E-state index contributed by atoms with van der Waals surface area (Å²) >= 11 is 0. The smallest absolute Gasteiger partial charge is 0.123 e. The van der Waals surface area contributed by atoms with Crippen LogP contribution in [0.5, 0.6) is 0 Å². The van der Waals surface area contributed by atoms with E-state index in [1.54, 1.807) is 12.1 Å². The number of rotatable bonds is 3. The van der Waals surface area contributed by atoms with E-state index in [2.05, 4.69) is 13.8 Å². The van der Waals surface area contributed by atoms with E-state index in [1.807, 2.05) is 6.07 Å². The molecule has 3 heteroatoms. The average Bonchev–Trinajstić information content (AvgIpc) is 2.03. The van der Waals surface area contributed by atoms with Gasteiger partial charge < -0.3 is 5.73 Å². The third kappa shape index (κ3) is 4.07. The zero-order valence-corrected chi connectivity index (χ0v) is 9.40. The van der Waals surface area contributed by atoms with Crippen LogP contribution in [0.3, 0.4) is 0 Å². The van der Waals surface area contributed by atoms with Gasteiger partial charge in [0, 0.05) is 0 Å².